The standard InChI is InChI=1S/C7H11F2NO2.C2H2O4/c8-1-6(2-9)10-3-5(4-10)7(11)12;3-1(4)2(5)6/h5-6H,1-4H2,(H,11,12);(H,3,4)(H,5,6). The van der Waals surface area contributed by atoms with E-state index in [1.165, 1.54) is 4.90 Å². The van der Waals surface area contributed by atoms with Crippen molar-refractivity contribution in [3.8, 4) is 0 Å². The minimum Gasteiger partial charge on any atom is -0.481 e. The van der Waals surface area contributed by atoms with E-state index in [4.69, 9.17) is 24.9 Å². The number of carboxylic acids is 3. The molecule has 0 bridgehead atoms. The van der Waals surface area contributed by atoms with Gasteiger partial charge in [0.05, 0.1) is 12.0 Å². The van der Waals surface area contributed by atoms with Crippen LogP contribution in [-0.4, -0.2) is 70.6 Å². The normalized spacial score (nSPS) is 15.5. The predicted octanol–water partition coefficient (Wildman–Crippen LogP) is -0.534. The highest BCUT2D eigenvalue weighted by atomic mass is 19.1. The molecule has 0 atom stereocenters. The lowest BCUT2D eigenvalue weighted by molar-refractivity contribution is -0.159. The van der Waals surface area contributed by atoms with Crippen LogP contribution >= 0.6 is 0 Å². The van der Waals surface area contributed by atoms with Crippen LogP contribution < -0.4 is 0 Å². The van der Waals surface area contributed by atoms with Crippen LogP contribution in [-0.2, 0) is 14.4 Å². The van der Waals surface area contributed by atoms with Crippen LogP contribution in [0.2, 0.25) is 0 Å². The summed E-state index contributed by atoms with van der Waals surface area (Å²) in [7, 11) is 0. The zero-order valence-corrected chi connectivity index (χ0v) is 9.25. The zero-order valence-electron chi connectivity index (χ0n) is 9.25. The van der Waals surface area contributed by atoms with Gasteiger partial charge in [-0.3, -0.25) is 9.69 Å². The van der Waals surface area contributed by atoms with Crippen molar-refractivity contribution < 1.29 is 38.5 Å². The molecule has 1 heterocycles. The van der Waals surface area contributed by atoms with Gasteiger partial charge in [0.25, 0.3) is 0 Å². The van der Waals surface area contributed by atoms with Crippen molar-refractivity contribution in [3.63, 3.8) is 0 Å². The maximum absolute atomic E-state index is 12.0. The molecular weight excluding hydrogens is 256 g/mol. The molecule has 1 rings (SSSR count). The average Bonchev–Trinajstić information content (AvgIpc) is 2.22. The smallest absolute Gasteiger partial charge is 0.414 e. The SMILES string of the molecule is O=C(O)C(=O)O.O=C(O)C1CN(C(CF)CF)C1. The van der Waals surface area contributed by atoms with Gasteiger partial charge in [-0.15, -0.1) is 0 Å². The number of carboxylic acid groups (broad SMARTS) is 3. The molecule has 1 aliphatic rings. The minimum absolute atomic E-state index is 0.272. The van der Waals surface area contributed by atoms with Crippen LogP contribution in [0.1, 0.15) is 0 Å². The highest BCUT2D eigenvalue weighted by molar-refractivity contribution is 6.27. The number of hydrogen-bond acceptors (Lipinski definition) is 4. The Bertz CT molecular complexity index is 302. The van der Waals surface area contributed by atoms with E-state index in [9.17, 15) is 13.6 Å². The van der Waals surface area contributed by atoms with Crippen LogP contribution in [0.5, 0.6) is 0 Å². The van der Waals surface area contributed by atoms with Gasteiger partial charge in [0, 0.05) is 13.1 Å². The Balaban J connectivity index is 0.000000411. The average molecular weight is 269 g/mol. The molecule has 104 valence electrons. The van der Waals surface area contributed by atoms with Crippen molar-refractivity contribution in [2.24, 2.45) is 5.92 Å². The number of nitrogens with zero attached hydrogens (tertiary/aromatic N) is 1. The lowest BCUT2D eigenvalue weighted by atomic mass is 9.98. The topological polar surface area (TPSA) is 115 Å². The van der Waals surface area contributed by atoms with E-state index in [2.05, 4.69) is 0 Å². The fourth-order valence-electron chi connectivity index (χ4n) is 1.20. The van der Waals surface area contributed by atoms with Crippen molar-refractivity contribution in [2.75, 3.05) is 26.4 Å². The van der Waals surface area contributed by atoms with Gasteiger partial charge < -0.3 is 15.3 Å². The first-order valence-electron chi connectivity index (χ1n) is 4.88. The van der Waals surface area contributed by atoms with E-state index in [0.717, 1.165) is 0 Å². The van der Waals surface area contributed by atoms with Crippen LogP contribution in [0, 0.1) is 5.92 Å². The second-order valence-electron chi connectivity index (χ2n) is 3.56. The zero-order chi connectivity index (χ0) is 14.3. The van der Waals surface area contributed by atoms with Gasteiger partial charge in [0.1, 0.15) is 13.3 Å². The molecule has 0 spiro atoms. The second-order valence-corrected chi connectivity index (χ2v) is 3.56. The van der Waals surface area contributed by atoms with E-state index >= 15 is 0 Å². The summed E-state index contributed by atoms with van der Waals surface area (Å²) < 4.78 is 24.1. The first-order chi connectivity index (χ1) is 8.33. The predicted molar refractivity (Wildman–Crippen MR) is 53.7 cm³/mol. The third-order valence-corrected chi connectivity index (χ3v) is 2.31. The Morgan fingerprint density at radius 1 is 1.06 bits per heavy atom. The molecular formula is C9H13F2NO6. The quantitative estimate of drug-likeness (QED) is 0.587. The molecule has 0 aromatic carbocycles. The van der Waals surface area contributed by atoms with Gasteiger partial charge in [-0.25, -0.2) is 18.4 Å². The van der Waals surface area contributed by atoms with Crippen molar-refractivity contribution in [1.29, 1.82) is 0 Å². The summed E-state index contributed by atoms with van der Waals surface area (Å²) in [5.74, 6) is -4.97. The van der Waals surface area contributed by atoms with Gasteiger partial charge in [-0.05, 0) is 0 Å². The molecule has 3 N–H and O–H groups in total. The summed E-state index contributed by atoms with van der Waals surface area (Å²) in [6.07, 6.45) is 0. The summed E-state index contributed by atoms with van der Waals surface area (Å²) in [4.78, 5) is 30.0. The number of halogens is 2. The number of alkyl halides is 2. The Morgan fingerprint density at radius 2 is 1.44 bits per heavy atom. The number of carbonyl (C=O) groups is 3. The van der Waals surface area contributed by atoms with Gasteiger partial charge in [0.2, 0.25) is 0 Å². The summed E-state index contributed by atoms with van der Waals surface area (Å²) in [5.41, 5.74) is 0. The largest absolute Gasteiger partial charge is 0.481 e. The van der Waals surface area contributed by atoms with E-state index in [0.29, 0.717) is 0 Å². The van der Waals surface area contributed by atoms with Crippen molar-refractivity contribution in [2.45, 2.75) is 6.04 Å². The van der Waals surface area contributed by atoms with Crippen molar-refractivity contribution in [1.82, 2.24) is 4.90 Å². The van der Waals surface area contributed by atoms with Gasteiger partial charge in [0.15, 0.2) is 0 Å². The van der Waals surface area contributed by atoms with Gasteiger partial charge >= 0.3 is 17.9 Å². The molecule has 0 aromatic heterocycles. The molecule has 1 fully saturated rings. The number of likely N-dealkylation sites (tertiary alicyclic amines) is 1. The second kappa shape index (κ2) is 7.54. The van der Waals surface area contributed by atoms with Crippen molar-refractivity contribution in [3.05, 3.63) is 0 Å². The van der Waals surface area contributed by atoms with E-state index < -0.39 is 43.2 Å². The van der Waals surface area contributed by atoms with E-state index in [1.54, 1.807) is 0 Å². The molecule has 0 unspecified atom stereocenters. The molecule has 0 aliphatic carbocycles. The summed E-state index contributed by atoms with van der Waals surface area (Å²) in [6.45, 7) is -0.951. The molecule has 0 amide bonds. The number of hydrogen-bond donors (Lipinski definition) is 3. The molecule has 7 nitrogen and oxygen atoms in total. The summed E-state index contributed by atoms with van der Waals surface area (Å²) >= 11 is 0. The fourth-order valence-corrected chi connectivity index (χ4v) is 1.20. The molecule has 18 heavy (non-hydrogen) atoms. The number of rotatable bonds is 4. The summed E-state index contributed by atoms with van der Waals surface area (Å²) in [5, 5.41) is 23.2. The fraction of sp³-hybridized carbons (Fsp3) is 0.667. The van der Waals surface area contributed by atoms with E-state index in [-0.39, 0.29) is 13.1 Å². The van der Waals surface area contributed by atoms with Crippen molar-refractivity contribution >= 4 is 17.9 Å². The molecule has 9 heteroatoms. The Hall–Kier alpha value is -1.77. The lowest BCUT2D eigenvalue weighted by Gasteiger charge is -2.40. The van der Waals surface area contributed by atoms with Crippen LogP contribution in [0.15, 0.2) is 0 Å². The summed E-state index contributed by atoms with van der Waals surface area (Å²) in [6, 6.07) is -0.736. The Kier molecular flexibility index (Phi) is 6.79. The molecule has 0 aromatic rings. The third-order valence-electron chi connectivity index (χ3n) is 2.31. The Labute approximate surface area is 101 Å². The third kappa shape index (κ3) is 5.04. The molecule has 0 saturated carbocycles. The lowest BCUT2D eigenvalue weighted by Crippen LogP contribution is -2.56. The Morgan fingerprint density at radius 3 is 1.67 bits per heavy atom. The monoisotopic (exact) mass is 269 g/mol. The highest BCUT2D eigenvalue weighted by Gasteiger charge is 2.36. The number of aliphatic carboxylic acids is 3. The molecule has 1 saturated heterocycles. The van der Waals surface area contributed by atoms with Crippen LogP contribution in [0.3, 0.4) is 0 Å². The van der Waals surface area contributed by atoms with Crippen LogP contribution in [0.4, 0.5) is 8.78 Å². The highest BCUT2D eigenvalue weighted by Crippen LogP contribution is 2.19. The maximum atomic E-state index is 12.0. The van der Waals surface area contributed by atoms with Crippen LogP contribution in [0.25, 0.3) is 0 Å². The first-order valence-corrected chi connectivity index (χ1v) is 4.88. The maximum Gasteiger partial charge on any atom is 0.414 e. The van der Waals surface area contributed by atoms with Gasteiger partial charge in [-0.2, -0.15) is 0 Å². The minimum atomic E-state index is -1.82. The van der Waals surface area contributed by atoms with E-state index in [1.807, 2.05) is 0 Å². The first kappa shape index (κ1) is 16.2. The molecule has 0 radical (unpaired) electrons. The molecule has 1 aliphatic heterocycles. The van der Waals surface area contributed by atoms with Gasteiger partial charge in [-0.1, -0.05) is 0 Å².